The maximum absolute atomic E-state index is 10.8. The zero-order valence-corrected chi connectivity index (χ0v) is 6.46. The third-order valence-electron chi connectivity index (χ3n) is 1.29. The van der Waals surface area contributed by atoms with Gasteiger partial charge in [-0.05, 0) is 0 Å². The average Bonchev–Trinajstić information content (AvgIpc) is 2.30. The zero-order valence-electron chi connectivity index (χ0n) is 6.46. The van der Waals surface area contributed by atoms with Crippen LogP contribution in [0.2, 0.25) is 0 Å². The first kappa shape index (κ1) is 9.26. The predicted molar refractivity (Wildman–Crippen MR) is 39.2 cm³/mol. The Morgan fingerprint density at radius 3 is 2.69 bits per heavy atom. The van der Waals surface area contributed by atoms with Gasteiger partial charge >= 0.3 is 12.1 Å². The molecule has 8 nitrogen and oxygen atoms in total. The lowest BCUT2D eigenvalue weighted by Crippen LogP contribution is -2.50. The molecule has 1 aliphatic rings. The third kappa shape index (κ3) is 2.30. The van der Waals surface area contributed by atoms with Gasteiger partial charge in [0.05, 0.1) is 0 Å². The van der Waals surface area contributed by atoms with Gasteiger partial charge in [-0.25, -0.2) is 9.59 Å². The summed E-state index contributed by atoms with van der Waals surface area (Å²) in [5, 5.41) is 16.4. The molecule has 0 unspecified atom stereocenters. The first-order valence-electron chi connectivity index (χ1n) is 3.40. The summed E-state index contributed by atoms with van der Waals surface area (Å²) >= 11 is 0. The minimum atomic E-state index is -1.08. The molecule has 0 saturated carbocycles. The van der Waals surface area contributed by atoms with Gasteiger partial charge in [0.2, 0.25) is 0 Å². The van der Waals surface area contributed by atoms with Crippen LogP contribution in [0.25, 0.3) is 0 Å². The second-order valence-electron chi connectivity index (χ2n) is 2.20. The van der Waals surface area contributed by atoms with Crippen molar-refractivity contribution in [3.63, 3.8) is 0 Å². The molecule has 1 atom stereocenters. The van der Waals surface area contributed by atoms with Crippen LogP contribution in [0.1, 0.15) is 0 Å². The van der Waals surface area contributed by atoms with E-state index in [1.807, 2.05) is 10.6 Å². The Labute approximate surface area is 72.7 Å². The molecule has 1 saturated heterocycles. The van der Waals surface area contributed by atoms with Crippen LogP contribution in [-0.4, -0.2) is 36.0 Å². The first-order valence-corrected chi connectivity index (χ1v) is 3.40. The Morgan fingerprint density at radius 2 is 2.23 bits per heavy atom. The molecule has 0 aromatic heterocycles. The van der Waals surface area contributed by atoms with E-state index in [1.54, 1.807) is 0 Å². The monoisotopic (exact) mass is 188 g/mol. The van der Waals surface area contributed by atoms with Gasteiger partial charge in [-0.3, -0.25) is 10.1 Å². The second-order valence-corrected chi connectivity index (χ2v) is 2.20. The summed E-state index contributed by atoms with van der Waals surface area (Å²) in [7, 11) is 0. The molecular formula is C5H8N4O4. The highest BCUT2D eigenvalue weighted by molar-refractivity contribution is 6.05. The van der Waals surface area contributed by atoms with E-state index in [0.29, 0.717) is 0 Å². The largest absolute Gasteiger partial charge is 0.376 e. The summed E-state index contributed by atoms with van der Waals surface area (Å²) in [5.41, 5.74) is 0. The number of rotatable bonds is 2. The predicted octanol–water partition coefficient (Wildman–Crippen LogP) is -2.60. The maximum atomic E-state index is 10.8. The van der Waals surface area contributed by atoms with Gasteiger partial charge < -0.3 is 21.1 Å². The van der Waals surface area contributed by atoms with Gasteiger partial charge in [-0.1, -0.05) is 0 Å². The zero-order chi connectivity index (χ0) is 9.84. The summed E-state index contributed by atoms with van der Waals surface area (Å²) in [6.45, 7) is -0.548. The Balaban J connectivity index is 2.41. The fraction of sp³-hybridized carbons (Fsp3) is 0.400. The van der Waals surface area contributed by atoms with Gasteiger partial charge in [0.15, 0.2) is 6.17 Å². The normalized spacial score (nSPS) is 20.5. The lowest BCUT2D eigenvalue weighted by molar-refractivity contribution is -0.120. The molecule has 1 fully saturated rings. The molecule has 72 valence electrons. The van der Waals surface area contributed by atoms with Crippen molar-refractivity contribution in [2.45, 2.75) is 6.17 Å². The topological polar surface area (TPSA) is 120 Å². The molecule has 8 heteroatoms. The van der Waals surface area contributed by atoms with Crippen LogP contribution in [-0.2, 0) is 4.79 Å². The number of hydrogen-bond donors (Lipinski definition) is 5. The molecule has 0 bridgehead atoms. The molecule has 0 radical (unpaired) electrons. The summed E-state index contributed by atoms with van der Waals surface area (Å²) in [6, 6.07) is -1.41. The van der Waals surface area contributed by atoms with Crippen molar-refractivity contribution < 1.29 is 19.5 Å². The standard InChI is InChI=1S/C5H8N4O4/c10-1-6-4(12)7-2-3(11)9-5(13)8-2/h2,10H,1H2,(H2,6,7,12)(H2,8,9,11,13)/t2-/m1/s1. The van der Waals surface area contributed by atoms with E-state index in [9.17, 15) is 14.4 Å². The van der Waals surface area contributed by atoms with Crippen LogP contribution in [0.4, 0.5) is 9.59 Å². The van der Waals surface area contributed by atoms with Gasteiger partial charge in [-0.2, -0.15) is 0 Å². The van der Waals surface area contributed by atoms with Gasteiger partial charge in [0.1, 0.15) is 6.73 Å². The van der Waals surface area contributed by atoms with Gasteiger partial charge in [-0.15, -0.1) is 0 Å². The van der Waals surface area contributed by atoms with Crippen molar-refractivity contribution in [2.24, 2.45) is 0 Å². The Hall–Kier alpha value is -1.83. The number of urea groups is 2. The molecule has 1 heterocycles. The molecule has 0 aliphatic carbocycles. The number of imide groups is 1. The smallest absolute Gasteiger partial charge is 0.323 e. The lowest BCUT2D eigenvalue weighted by Gasteiger charge is -2.09. The van der Waals surface area contributed by atoms with Gasteiger partial charge in [0, 0.05) is 0 Å². The first-order chi connectivity index (χ1) is 6.13. The van der Waals surface area contributed by atoms with E-state index >= 15 is 0 Å². The highest BCUT2D eigenvalue weighted by Crippen LogP contribution is 1.87. The van der Waals surface area contributed by atoms with Gasteiger partial charge in [0.25, 0.3) is 5.91 Å². The molecule has 0 aromatic carbocycles. The molecule has 13 heavy (non-hydrogen) atoms. The minimum Gasteiger partial charge on any atom is -0.376 e. The number of carbonyl (C=O) groups excluding carboxylic acids is 3. The Kier molecular flexibility index (Phi) is 2.65. The van der Waals surface area contributed by atoms with Crippen molar-refractivity contribution in [3.05, 3.63) is 0 Å². The molecule has 0 aromatic rings. The summed E-state index contributed by atoms with van der Waals surface area (Å²) < 4.78 is 0. The van der Waals surface area contributed by atoms with Crippen LogP contribution in [0.3, 0.4) is 0 Å². The third-order valence-corrected chi connectivity index (χ3v) is 1.29. The van der Waals surface area contributed by atoms with Crippen molar-refractivity contribution in [1.82, 2.24) is 21.3 Å². The fourth-order valence-electron chi connectivity index (χ4n) is 0.772. The number of hydrogen-bond acceptors (Lipinski definition) is 4. The number of aliphatic hydroxyl groups excluding tert-OH is 1. The van der Waals surface area contributed by atoms with Crippen molar-refractivity contribution in [1.29, 1.82) is 0 Å². The number of carbonyl (C=O) groups is 3. The van der Waals surface area contributed by atoms with Crippen LogP contribution in [0.5, 0.6) is 0 Å². The van der Waals surface area contributed by atoms with E-state index in [2.05, 4.69) is 10.6 Å². The SMILES string of the molecule is O=C(NCO)N[C@@H]1NC(=O)NC1=O. The van der Waals surface area contributed by atoms with Crippen LogP contribution < -0.4 is 21.3 Å². The molecule has 0 spiro atoms. The highest BCUT2D eigenvalue weighted by atomic mass is 16.3. The van der Waals surface area contributed by atoms with Crippen LogP contribution >= 0.6 is 0 Å². The highest BCUT2D eigenvalue weighted by Gasteiger charge is 2.30. The van der Waals surface area contributed by atoms with Crippen molar-refractivity contribution in [3.8, 4) is 0 Å². The minimum absolute atomic E-state index is 0.548. The van der Waals surface area contributed by atoms with E-state index in [-0.39, 0.29) is 0 Å². The number of amides is 5. The van der Waals surface area contributed by atoms with Crippen molar-refractivity contribution >= 4 is 18.0 Å². The van der Waals surface area contributed by atoms with Crippen molar-refractivity contribution in [2.75, 3.05) is 6.73 Å². The lowest BCUT2D eigenvalue weighted by atomic mass is 10.5. The molecule has 5 N–H and O–H groups in total. The fourth-order valence-corrected chi connectivity index (χ4v) is 0.772. The van der Waals surface area contributed by atoms with E-state index in [0.717, 1.165) is 0 Å². The Bertz CT molecular complexity index is 253. The molecular weight excluding hydrogens is 180 g/mol. The Morgan fingerprint density at radius 1 is 1.54 bits per heavy atom. The summed E-state index contributed by atoms with van der Waals surface area (Å²) in [5.74, 6) is -0.641. The van der Waals surface area contributed by atoms with Crippen LogP contribution in [0.15, 0.2) is 0 Å². The van der Waals surface area contributed by atoms with E-state index < -0.39 is 30.9 Å². The number of nitrogens with one attached hydrogen (secondary N) is 4. The maximum Gasteiger partial charge on any atom is 0.323 e. The van der Waals surface area contributed by atoms with E-state index in [4.69, 9.17) is 5.11 Å². The second kappa shape index (κ2) is 3.72. The quantitative estimate of drug-likeness (QED) is 0.241. The summed E-state index contributed by atoms with van der Waals surface area (Å²) in [6.07, 6.45) is -1.08. The van der Waals surface area contributed by atoms with Crippen LogP contribution in [0, 0.1) is 0 Å². The van der Waals surface area contributed by atoms with E-state index in [1.165, 1.54) is 0 Å². The number of aliphatic hydroxyl groups is 1. The molecule has 1 aliphatic heterocycles. The molecule has 1 rings (SSSR count). The molecule has 5 amide bonds. The summed E-state index contributed by atoms with van der Waals surface area (Å²) in [4.78, 5) is 32.1. The average molecular weight is 188 g/mol.